The predicted molar refractivity (Wildman–Crippen MR) is 80.5 cm³/mol. The van der Waals surface area contributed by atoms with Gasteiger partial charge in [0.15, 0.2) is 0 Å². The number of rotatable bonds is 8. The molecule has 0 aliphatic carbocycles. The second kappa shape index (κ2) is 8.28. The van der Waals surface area contributed by atoms with E-state index < -0.39 is 5.57 Å². The van der Waals surface area contributed by atoms with Crippen LogP contribution in [0.4, 0.5) is 0 Å². The first-order chi connectivity index (χ1) is 7.35. The van der Waals surface area contributed by atoms with E-state index in [1.54, 1.807) is 0 Å². The summed E-state index contributed by atoms with van der Waals surface area (Å²) in [7, 11) is 0. The van der Waals surface area contributed by atoms with Gasteiger partial charge < -0.3 is 4.74 Å². The lowest BCUT2D eigenvalue weighted by Crippen LogP contribution is -2.14. The maximum Gasteiger partial charge on any atom is 0.330 e. The summed E-state index contributed by atoms with van der Waals surface area (Å²) in [6.07, 6.45) is 5.91. The molecule has 0 fully saturated rings. The maximum absolute atomic E-state index is 10.9. The number of carbonyl (C=O) groups is 1. The number of carbonyl (C=O) groups excluding carboxylic acids is 1. The van der Waals surface area contributed by atoms with Crippen LogP contribution in [0, 0.1) is 0 Å². The van der Waals surface area contributed by atoms with Gasteiger partial charge in [-0.3, -0.25) is 0 Å². The molecule has 4 heteroatoms. The molecule has 0 saturated heterocycles. The van der Waals surface area contributed by atoms with Crippen molar-refractivity contribution in [1.82, 2.24) is 0 Å². The molecule has 16 heavy (non-hydrogen) atoms. The Labute approximate surface area is 113 Å². The van der Waals surface area contributed by atoms with Crippen LogP contribution in [0.25, 0.3) is 0 Å². The highest BCUT2D eigenvalue weighted by Gasteiger charge is 2.14. The number of halogens is 1. The van der Waals surface area contributed by atoms with E-state index in [2.05, 4.69) is 41.5 Å². The fourth-order valence-electron chi connectivity index (χ4n) is 1.46. The molecule has 1 atom stereocenters. The third kappa shape index (κ3) is 10.7. The normalized spacial score (nSPS) is 13.2. The molecule has 0 rings (SSSR count). The summed E-state index contributed by atoms with van der Waals surface area (Å²) in [5.41, 5.74) is -0.895. The Hall–Kier alpha value is 0.157. The van der Waals surface area contributed by atoms with E-state index in [-0.39, 0.29) is 12.1 Å². The van der Waals surface area contributed by atoms with Crippen LogP contribution in [0.15, 0.2) is 12.7 Å². The minimum absolute atomic E-state index is 0.0235. The predicted octanol–water partition coefficient (Wildman–Crippen LogP) is 4.30. The molecule has 0 aromatic rings. The number of ether oxygens (including phenoxy) is 1. The first-order valence-corrected chi connectivity index (χ1v) is 12.2. The van der Waals surface area contributed by atoms with Gasteiger partial charge in [-0.25, -0.2) is 4.79 Å². The van der Waals surface area contributed by atoms with Crippen molar-refractivity contribution in [3.05, 3.63) is 12.7 Å². The third-order valence-corrected chi connectivity index (χ3v) is 5.53. The molecule has 0 spiro atoms. The second-order valence-electron chi connectivity index (χ2n) is 4.77. The van der Waals surface area contributed by atoms with E-state index in [0.29, 0.717) is 0 Å². The van der Waals surface area contributed by atoms with Crippen molar-refractivity contribution in [2.45, 2.75) is 57.8 Å². The molecule has 0 saturated carbocycles. The van der Waals surface area contributed by atoms with Crippen LogP contribution in [0.2, 0.25) is 19.1 Å². The molecule has 2 nitrogen and oxygen atoms in total. The van der Waals surface area contributed by atoms with Gasteiger partial charge in [-0.05, 0) is 25.8 Å². The minimum Gasteiger partial charge on any atom is -0.460 e. The highest BCUT2D eigenvalue weighted by atomic mass is 127. The van der Waals surface area contributed by atoms with Gasteiger partial charge in [0.2, 0.25) is 0 Å². The van der Waals surface area contributed by atoms with Gasteiger partial charge in [-0.15, -0.1) is 21.8 Å². The van der Waals surface area contributed by atoms with Crippen molar-refractivity contribution in [2.24, 2.45) is 0 Å². The Morgan fingerprint density at radius 3 is 2.56 bits per heavy atom. The maximum atomic E-state index is 10.9. The smallest absolute Gasteiger partial charge is 0.330 e. The van der Waals surface area contributed by atoms with E-state index in [9.17, 15) is 4.79 Å². The summed E-state index contributed by atoms with van der Waals surface area (Å²) in [5, 5.41) is 0. The molecule has 0 N–H and O–H groups in total. The van der Waals surface area contributed by atoms with E-state index in [1.165, 1.54) is 25.0 Å². The Bertz CT molecular complexity index is 224. The number of hydrogen-bond acceptors (Lipinski definition) is 2. The Morgan fingerprint density at radius 1 is 1.44 bits per heavy atom. The standard InChI is InChI=1S/C12H23IO2Si/c1-5-12(14)15-11(2)9-7-6-8-10-16(3,4)13/h5,11H,1,6-10H2,2-4H3. The van der Waals surface area contributed by atoms with Gasteiger partial charge in [-0.1, -0.05) is 32.5 Å². The summed E-state index contributed by atoms with van der Waals surface area (Å²) in [6.45, 7) is 10.1. The molecule has 0 radical (unpaired) electrons. The lowest BCUT2D eigenvalue weighted by Gasteiger charge is -2.14. The van der Waals surface area contributed by atoms with Crippen molar-refractivity contribution >= 4 is 33.3 Å². The molecule has 0 aromatic heterocycles. The zero-order valence-electron chi connectivity index (χ0n) is 10.6. The average molecular weight is 354 g/mol. The molecule has 0 bridgehead atoms. The van der Waals surface area contributed by atoms with Crippen molar-refractivity contribution < 1.29 is 9.53 Å². The first-order valence-electron chi connectivity index (χ1n) is 5.87. The van der Waals surface area contributed by atoms with Crippen LogP contribution in [0.5, 0.6) is 0 Å². The molecular weight excluding hydrogens is 331 g/mol. The molecule has 0 aliphatic heterocycles. The van der Waals surface area contributed by atoms with E-state index in [0.717, 1.165) is 12.8 Å². The number of hydrogen-bond donors (Lipinski definition) is 0. The van der Waals surface area contributed by atoms with Crippen LogP contribution < -0.4 is 0 Å². The number of unbranched alkanes of at least 4 members (excludes halogenated alkanes) is 2. The van der Waals surface area contributed by atoms with Crippen molar-refractivity contribution in [2.75, 3.05) is 0 Å². The van der Waals surface area contributed by atoms with Crippen LogP contribution in [-0.4, -0.2) is 17.6 Å². The van der Waals surface area contributed by atoms with Gasteiger partial charge >= 0.3 is 5.97 Å². The van der Waals surface area contributed by atoms with Gasteiger partial charge in [-0.2, -0.15) is 0 Å². The average Bonchev–Trinajstić information content (AvgIpc) is 2.15. The molecule has 0 aliphatic rings. The van der Waals surface area contributed by atoms with E-state index in [1.807, 2.05) is 6.92 Å². The Kier molecular flexibility index (Phi) is 8.36. The number of esters is 1. The molecule has 1 unspecified atom stereocenters. The summed E-state index contributed by atoms with van der Waals surface area (Å²) in [6, 6.07) is 1.38. The zero-order chi connectivity index (χ0) is 12.6. The van der Waals surface area contributed by atoms with E-state index in [4.69, 9.17) is 4.74 Å². The monoisotopic (exact) mass is 354 g/mol. The summed E-state index contributed by atoms with van der Waals surface area (Å²) < 4.78 is 5.10. The van der Waals surface area contributed by atoms with Gasteiger partial charge in [0.25, 0.3) is 0 Å². The van der Waals surface area contributed by atoms with Gasteiger partial charge in [0.05, 0.1) is 6.10 Å². The van der Waals surface area contributed by atoms with E-state index >= 15 is 0 Å². The van der Waals surface area contributed by atoms with Crippen LogP contribution >= 0.6 is 21.8 Å². The van der Waals surface area contributed by atoms with Crippen LogP contribution in [-0.2, 0) is 9.53 Å². The Balaban J connectivity index is 3.45. The quantitative estimate of drug-likeness (QED) is 0.162. The Morgan fingerprint density at radius 2 is 2.06 bits per heavy atom. The summed E-state index contributed by atoms with van der Waals surface area (Å²) in [4.78, 5) is 10.9. The SMILES string of the molecule is C=CC(=O)OC(C)CCCCC[Si](C)(C)I. The minimum atomic E-state index is -0.895. The van der Waals surface area contributed by atoms with Crippen LogP contribution in [0.1, 0.15) is 32.6 Å². The molecule has 94 valence electrons. The largest absolute Gasteiger partial charge is 0.460 e. The summed E-state index contributed by atoms with van der Waals surface area (Å²) in [5.74, 6) is -0.312. The molecular formula is C12H23IO2Si. The highest BCUT2D eigenvalue weighted by Crippen LogP contribution is 2.21. The van der Waals surface area contributed by atoms with Crippen molar-refractivity contribution in [3.63, 3.8) is 0 Å². The highest BCUT2D eigenvalue weighted by molar-refractivity contribution is 14.1. The molecule has 0 amide bonds. The summed E-state index contributed by atoms with van der Waals surface area (Å²) >= 11 is 2.62. The van der Waals surface area contributed by atoms with Crippen LogP contribution in [0.3, 0.4) is 0 Å². The fourth-order valence-corrected chi connectivity index (χ4v) is 3.69. The fraction of sp³-hybridized carbons (Fsp3) is 0.750. The molecule has 0 heterocycles. The van der Waals surface area contributed by atoms with Gasteiger partial charge in [0.1, 0.15) is 5.57 Å². The second-order valence-corrected chi connectivity index (χ2v) is 17.5. The van der Waals surface area contributed by atoms with Crippen molar-refractivity contribution in [3.8, 4) is 0 Å². The first kappa shape index (κ1) is 16.2. The molecule has 0 aromatic carbocycles. The zero-order valence-corrected chi connectivity index (χ0v) is 13.7. The van der Waals surface area contributed by atoms with Crippen molar-refractivity contribution in [1.29, 1.82) is 0 Å². The van der Waals surface area contributed by atoms with Gasteiger partial charge in [0, 0.05) is 6.08 Å². The third-order valence-electron chi connectivity index (χ3n) is 2.37. The lowest BCUT2D eigenvalue weighted by atomic mass is 10.1. The topological polar surface area (TPSA) is 26.3 Å². The lowest BCUT2D eigenvalue weighted by molar-refractivity contribution is -0.142.